The molecule has 10 nitrogen and oxygen atoms in total. The predicted molar refractivity (Wildman–Crippen MR) is 107 cm³/mol. The SMILES string of the molecule is [C-]#[O+].[C-]#[O+].[C-]#[O+].[C-]#[O+].[C-]#[O+].[C-]#[O+].[C-]#[O+].[C-]#[O+].[C-]#[O+].[C-]#[O+].[Cr].[Cr].[I][Ge][I].[I][Ge][I].[Na+].[Na+]. The minimum atomic E-state index is 0. The topological polar surface area (TPSA) is 199 Å². The van der Waals surface area contributed by atoms with Gasteiger partial charge in [-0.3, -0.25) is 0 Å². The third-order valence-corrected chi connectivity index (χ3v) is 0. The van der Waals surface area contributed by atoms with Crippen molar-refractivity contribution in [3.05, 3.63) is 66.5 Å². The molecular formula is C10Cr2Ge2I4Na2O10+2. The van der Waals surface area contributed by atoms with Crippen molar-refractivity contribution in [1.82, 2.24) is 0 Å². The van der Waals surface area contributed by atoms with Crippen LogP contribution in [-0.2, 0) is 81.2 Å². The van der Waals surface area contributed by atoms with Gasteiger partial charge in [-0.25, -0.2) is 0 Å². The first-order chi connectivity index (χ1) is 12.8. The van der Waals surface area contributed by atoms with E-state index in [1.807, 2.05) is 0 Å². The van der Waals surface area contributed by atoms with E-state index in [1.54, 1.807) is 0 Å². The first-order valence-corrected chi connectivity index (χ1v) is 28.4. The fraction of sp³-hybridized carbons (Fsp3) is 0. The predicted octanol–water partition coefficient (Wildman–Crippen LogP) is -3.59. The monoisotopic (exact) mass is 1090 g/mol. The minimum absolute atomic E-state index is 0. The molecule has 0 aliphatic heterocycles. The maximum Gasteiger partial charge on any atom is 1.00 e. The molecule has 4 radical (unpaired) electrons. The van der Waals surface area contributed by atoms with Crippen LogP contribution in [0.5, 0.6) is 0 Å². The molecule has 0 rings (SSSR count). The average molecular weight is 1080 g/mol. The summed E-state index contributed by atoms with van der Waals surface area (Å²) in [6, 6.07) is 0. The molecule has 0 N–H and O–H groups in total. The van der Waals surface area contributed by atoms with Crippen LogP contribution in [0.4, 0.5) is 0 Å². The Morgan fingerprint density at radius 3 is 0.300 bits per heavy atom. The summed E-state index contributed by atoms with van der Waals surface area (Å²) in [6.07, 6.45) is 0. The van der Waals surface area contributed by atoms with Crippen LogP contribution in [0.3, 0.4) is 0 Å². The summed E-state index contributed by atoms with van der Waals surface area (Å²) >= 11 is 9.60. The molecule has 0 aliphatic rings. The van der Waals surface area contributed by atoms with Gasteiger partial charge in [-0.2, -0.15) is 0 Å². The van der Waals surface area contributed by atoms with E-state index in [0.717, 1.165) is 0 Å². The van der Waals surface area contributed by atoms with E-state index >= 15 is 0 Å². The molecule has 0 unspecified atom stereocenters. The van der Waals surface area contributed by atoms with Crippen molar-refractivity contribution in [2.75, 3.05) is 0 Å². The quantitative estimate of drug-likeness (QED) is 0.100. The Balaban J connectivity index is -0.00000000505. The van der Waals surface area contributed by atoms with Crippen molar-refractivity contribution in [2.45, 2.75) is 0 Å². The zero-order chi connectivity index (χ0) is 25.4. The van der Waals surface area contributed by atoms with E-state index < -0.39 is 0 Å². The number of halogens is 4. The Kier molecular flexibility index (Phi) is 3180. The van der Waals surface area contributed by atoms with E-state index in [0.29, 0.717) is 17.6 Å². The third kappa shape index (κ3) is 1610. The summed E-state index contributed by atoms with van der Waals surface area (Å²) in [4.78, 5) is 0. The smallest absolute Gasteiger partial charge is 1.00 e. The second-order valence-electron chi connectivity index (χ2n) is 0.143. The van der Waals surface area contributed by atoms with Crippen LogP contribution in [0.2, 0.25) is 0 Å². The van der Waals surface area contributed by atoms with Gasteiger partial charge in [-0.15, -0.1) is 0 Å². The average Bonchev–Trinajstić information content (AvgIpc) is 2.82. The molecule has 148 valence electrons. The second-order valence-corrected chi connectivity index (χ2v) is 33.4. The second kappa shape index (κ2) is 843. The molecule has 0 amide bonds. The summed E-state index contributed by atoms with van der Waals surface area (Å²) in [6.45, 7) is 45.0. The van der Waals surface area contributed by atoms with Crippen molar-refractivity contribution in [1.29, 1.82) is 0 Å². The van der Waals surface area contributed by atoms with Gasteiger partial charge in [0, 0.05) is 34.7 Å². The summed E-state index contributed by atoms with van der Waals surface area (Å²) in [5.41, 5.74) is 0. The van der Waals surface area contributed by atoms with Gasteiger partial charge >= 0.3 is 271 Å². The van der Waals surface area contributed by atoms with E-state index in [1.165, 1.54) is 0 Å². The Bertz CT molecular complexity index is 238. The van der Waals surface area contributed by atoms with Crippen LogP contribution in [0.15, 0.2) is 0 Å². The minimum Gasteiger partial charge on any atom is 1.00 e. The summed E-state index contributed by atoms with van der Waals surface area (Å²) in [5.74, 6) is 0. The molecule has 0 spiro atoms. The zero-order valence-electron chi connectivity index (χ0n) is 14.4. The Hall–Kier alpha value is 4.47. The Morgan fingerprint density at radius 1 is 0.300 bits per heavy atom. The normalized spacial score (nSPS) is 1.87. The Labute approximate surface area is 299 Å². The fourth-order valence-electron chi connectivity index (χ4n) is 0. The first kappa shape index (κ1) is 113. The molecule has 0 aromatic carbocycles. The maximum atomic E-state index is 7.50. The standard InChI is InChI=1S/10CO.2Cr.2GeI2.2Na/c10*1-2;;;2*2-1-3;;/q;;;;;;;;;;;;;;2*+1. The molecule has 0 saturated heterocycles. The third-order valence-electron chi connectivity index (χ3n) is 0. The molecule has 0 heterocycles. The van der Waals surface area contributed by atoms with Gasteiger partial charge in [0.2, 0.25) is 0 Å². The van der Waals surface area contributed by atoms with Crippen molar-refractivity contribution in [2.24, 2.45) is 0 Å². The van der Waals surface area contributed by atoms with Gasteiger partial charge in [-0.05, 0) is 0 Å². The van der Waals surface area contributed by atoms with Crippen molar-refractivity contribution in [3.63, 3.8) is 0 Å². The number of hydrogen-bond donors (Lipinski definition) is 0. The zero-order valence-corrected chi connectivity index (χ0v) is 33.8. The van der Waals surface area contributed by atoms with Gasteiger partial charge < -0.3 is 0 Å². The van der Waals surface area contributed by atoms with Crippen LogP contribution >= 0.6 is 80.9 Å². The molecule has 0 fully saturated rings. The van der Waals surface area contributed by atoms with Gasteiger partial charge in [0.05, 0.1) is 0 Å². The van der Waals surface area contributed by atoms with E-state index in [4.69, 9.17) is 46.5 Å². The Morgan fingerprint density at radius 2 is 0.300 bits per heavy atom. The summed E-state index contributed by atoms with van der Waals surface area (Å²) in [5, 5.41) is 0. The molecule has 20 heteroatoms. The van der Waals surface area contributed by atoms with Crippen molar-refractivity contribution < 1.29 is 140 Å². The van der Waals surface area contributed by atoms with Crippen LogP contribution < -0.4 is 59.1 Å². The van der Waals surface area contributed by atoms with Gasteiger partial charge in [0.1, 0.15) is 0 Å². The van der Waals surface area contributed by atoms with Gasteiger partial charge in [0.25, 0.3) is 0 Å². The molecule has 0 aliphatic carbocycles. The molecular weight excluding hydrogens is 1080 g/mol. The van der Waals surface area contributed by atoms with Gasteiger partial charge in [-0.1, -0.05) is 0 Å². The largest absolute Gasteiger partial charge is 1.00 e. The number of hydrogen-bond acceptors (Lipinski definition) is 0. The van der Waals surface area contributed by atoms with E-state index in [2.05, 4.69) is 147 Å². The molecule has 30 heavy (non-hydrogen) atoms. The molecule has 0 aromatic rings. The van der Waals surface area contributed by atoms with Crippen LogP contribution in [0, 0.1) is 66.5 Å². The van der Waals surface area contributed by atoms with Crippen LogP contribution in [0.1, 0.15) is 0 Å². The van der Waals surface area contributed by atoms with Crippen LogP contribution in [0.25, 0.3) is 0 Å². The first-order valence-electron chi connectivity index (χ1n) is 2.80. The van der Waals surface area contributed by atoms with Gasteiger partial charge in [0.15, 0.2) is 0 Å². The van der Waals surface area contributed by atoms with Crippen molar-refractivity contribution in [3.8, 4) is 0 Å². The van der Waals surface area contributed by atoms with Crippen LogP contribution in [-0.4, -0.2) is 17.6 Å². The molecule has 0 aromatic heterocycles. The van der Waals surface area contributed by atoms with Crippen molar-refractivity contribution >= 4 is 98.5 Å². The molecule has 0 saturated carbocycles. The van der Waals surface area contributed by atoms with E-state index in [-0.39, 0.29) is 93.8 Å². The fourth-order valence-corrected chi connectivity index (χ4v) is 0. The maximum absolute atomic E-state index is 7.50. The molecule has 0 atom stereocenters. The molecule has 0 bridgehead atoms. The summed E-state index contributed by atoms with van der Waals surface area (Å²) in [7, 11) is 0.880. The van der Waals surface area contributed by atoms with E-state index in [9.17, 15) is 0 Å². The number of rotatable bonds is 0. The summed E-state index contributed by atoms with van der Waals surface area (Å²) < 4.78 is 75.0.